The summed E-state index contributed by atoms with van der Waals surface area (Å²) in [6.07, 6.45) is 2.37. The third kappa shape index (κ3) is 3.36. The van der Waals surface area contributed by atoms with Gasteiger partial charge >= 0.3 is 5.97 Å². The molecular formula is C20H21NO4. The van der Waals surface area contributed by atoms with Crippen LogP contribution < -0.4 is 10.2 Å². The lowest BCUT2D eigenvalue weighted by molar-refractivity contribution is 0.0538. The molecule has 5 nitrogen and oxygen atoms in total. The molecule has 0 saturated carbocycles. The van der Waals surface area contributed by atoms with Crippen molar-refractivity contribution in [2.24, 2.45) is 0 Å². The Morgan fingerprint density at radius 1 is 1.28 bits per heavy atom. The summed E-state index contributed by atoms with van der Waals surface area (Å²) in [4.78, 5) is 25.2. The highest BCUT2D eigenvalue weighted by Crippen LogP contribution is 2.29. The second kappa shape index (κ2) is 6.59. The van der Waals surface area contributed by atoms with Crippen LogP contribution >= 0.6 is 0 Å². The smallest absolute Gasteiger partial charge is 0.343 e. The van der Waals surface area contributed by atoms with Crippen LogP contribution in [0.3, 0.4) is 0 Å². The highest BCUT2D eigenvalue weighted by Gasteiger charge is 2.20. The molecule has 0 radical (unpaired) electrons. The maximum atomic E-state index is 12.8. The zero-order chi connectivity index (χ0) is 18.1. The number of fused-ring (bicyclic) bond motifs is 2. The summed E-state index contributed by atoms with van der Waals surface area (Å²) in [5.74, 6) is 0.0608. The molecule has 0 saturated heterocycles. The lowest BCUT2D eigenvalue weighted by Crippen LogP contribution is -2.21. The number of hydrogen-bond acceptors (Lipinski definition) is 4. The summed E-state index contributed by atoms with van der Waals surface area (Å²) in [7, 11) is 0. The average Bonchev–Trinajstić information content (AvgIpc) is 3.00. The molecule has 1 aromatic heterocycles. The van der Waals surface area contributed by atoms with E-state index in [9.17, 15) is 9.59 Å². The zero-order valence-corrected chi connectivity index (χ0v) is 14.6. The molecule has 25 heavy (non-hydrogen) atoms. The van der Waals surface area contributed by atoms with Gasteiger partial charge < -0.3 is 14.0 Å². The van der Waals surface area contributed by atoms with Gasteiger partial charge in [0.2, 0.25) is 5.43 Å². The van der Waals surface area contributed by atoms with Gasteiger partial charge in [0.1, 0.15) is 17.9 Å². The Morgan fingerprint density at radius 2 is 2.04 bits per heavy atom. The zero-order valence-electron chi connectivity index (χ0n) is 14.6. The maximum absolute atomic E-state index is 12.8. The Morgan fingerprint density at radius 3 is 2.72 bits per heavy atom. The van der Waals surface area contributed by atoms with Gasteiger partial charge in [-0.1, -0.05) is 18.7 Å². The number of carbonyl (C=O) groups is 1. The fraction of sp³-hybridized carbons (Fsp3) is 0.300. The first-order chi connectivity index (χ1) is 11.9. The Hall–Kier alpha value is -2.82. The summed E-state index contributed by atoms with van der Waals surface area (Å²) >= 11 is 0. The van der Waals surface area contributed by atoms with Crippen LogP contribution in [0.4, 0.5) is 0 Å². The van der Waals surface area contributed by atoms with E-state index in [1.54, 1.807) is 19.2 Å². The third-order valence-electron chi connectivity index (χ3n) is 4.00. The normalized spacial score (nSPS) is 12.6. The molecule has 2 aromatic rings. The molecule has 0 N–H and O–H groups in total. The first-order valence-corrected chi connectivity index (χ1v) is 8.15. The molecular weight excluding hydrogens is 318 g/mol. The van der Waals surface area contributed by atoms with Crippen molar-refractivity contribution >= 4 is 16.9 Å². The van der Waals surface area contributed by atoms with E-state index in [-0.39, 0.29) is 17.6 Å². The number of hydrogen-bond donors (Lipinski definition) is 0. The van der Waals surface area contributed by atoms with Crippen LogP contribution in [0.2, 0.25) is 0 Å². The Labute approximate surface area is 146 Å². The predicted molar refractivity (Wildman–Crippen MR) is 97.3 cm³/mol. The van der Waals surface area contributed by atoms with Crippen LogP contribution in [0.15, 0.2) is 47.4 Å². The highest BCUT2D eigenvalue weighted by molar-refractivity contribution is 5.94. The fourth-order valence-corrected chi connectivity index (χ4v) is 2.89. The van der Waals surface area contributed by atoms with Crippen molar-refractivity contribution in [2.75, 3.05) is 13.2 Å². The largest absolute Gasteiger partial charge is 0.493 e. The van der Waals surface area contributed by atoms with Crippen LogP contribution in [0.25, 0.3) is 10.9 Å². The minimum Gasteiger partial charge on any atom is -0.493 e. The minimum atomic E-state index is -0.646. The molecule has 0 bridgehead atoms. The van der Waals surface area contributed by atoms with Crippen molar-refractivity contribution in [1.29, 1.82) is 0 Å². The van der Waals surface area contributed by atoms with E-state index in [0.717, 1.165) is 23.1 Å². The number of rotatable bonds is 5. The van der Waals surface area contributed by atoms with E-state index in [0.29, 0.717) is 29.9 Å². The van der Waals surface area contributed by atoms with Gasteiger partial charge in [-0.15, -0.1) is 0 Å². The number of nitrogens with zero attached hydrogens (tertiary/aromatic N) is 1. The summed E-state index contributed by atoms with van der Waals surface area (Å²) in [5, 5.41) is 0.451. The van der Waals surface area contributed by atoms with E-state index in [1.807, 2.05) is 17.6 Å². The van der Waals surface area contributed by atoms with Gasteiger partial charge in [0.25, 0.3) is 0 Å². The van der Waals surface area contributed by atoms with E-state index in [1.165, 1.54) is 0 Å². The van der Waals surface area contributed by atoms with E-state index in [4.69, 9.17) is 9.47 Å². The number of allylic oxidation sites excluding steroid dienone is 1. The molecule has 0 unspecified atom stereocenters. The molecule has 1 aliphatic rings. The van der Waals surface area contributed by atoms with Crippen LogP contribution in [0.1, 0.15) is 29.8 Å². The van der Waals surface area contributed by atoms with Crippen LogP contribution in [-0.4, -0.2) is 23.8 Å². The summed E-state index contributed by atoms with van der Waals surface area (Å²) in [5.41, 5.74) is 3.13. The fourth-order valence-electron chi connectivity index (χ4n) is 2.89. The van der Waals surface area contributed by atoms with Crippen molar-refractivity contribution in [3.05, 3.63) is 64.0 Å². The van der Waals surface area contributed by atoms with Gasteiger partial charge in [0.15, 0.2) is 0 Å². The lowest BCUT2D eigenvalue weighted by Gasteiger charge is -2.14. The molecule has 0 atom stereocenters. The van der Waals surface area contributed by atoms with Gasteiger partial charge in [0.05, 0.1) is 17.5 Å². The highest BCUT2D eigenvalue weighted by atomic mass is 16.5. The molecule has 0 fully saturated rings. The van der Waals surface area contributed by atoms with E-state index < -0.39 is 5.97 Å². The molecule has 1 aromatic carbocycles. The van der Waals surface area contributed by atoms with Gasteiger partial charge in [-0.3, -0.25) is 4.79 Å². The first kappa shape index (κ1) is 17.0. The molecule has 2 heterocycles. The summed E-state index contributed by atoms with van der Waals surface area (Å²) < 4.78 is 12.6. The Bertz CT molecular complexity index is 952. The van der Waals surface area contributed by atoms with Gasteiger partial charge in [-0.2, -0.15) is 0 Å². The molecule has 1 aliphatic heterocycles. The Balaban J connectivity index is 2.18. The first-order valence-electron chi connectivity index (χ1n) is 8.15. The monoisotopic (exact) mass is 339 g/mol. The van der Waals surface area contributed by atoms with Crippen molar-refractivity contribution < 1.29 is 14.3 Å². The van der Waals surface area contributed by atoms with Crippen molar-refractivity contribution in [2.45, 2.75) is 26.8 Å². The maximum Gasteiger partial charge on any atom is 0.343 e. The molecule has 3 rings (SSSR count). The third-order valence-corrected chi connectivity index (χ3v) is 4.00. The molecule has 0 spiro atoms. The Kier molecular flexibility index (Phi) is 4.49. The second-order valence-electron chi connectivity index (χ2n) is 6.57. The standard InChI is InChI=1S/C20H21NO4/c1-12(2)9-21-10-16(20(23)25-11-13(3)4)19(22)15-8-18-14(5-6-24-18)7-17(15)21/h7-8,10H,1,3,5-6,9,11H2,2,4H3. The minimum absolute atomic E-state index is 0.00736. The number of carbonyl (C=O) groups excluding carboxylic acids is 1. The van der Waals surface area contributed by atoms with Crippen molar-refractivity contribution in [1.82, 2.24) is 4.57 Å². The predicted octanol–water partition coefficient (Wildman–Crippen LogP) is 3.25. The number of esters is 1. The summed E-state index contributed by atoms with van der Waals surface area (Å²) in [6.45, 7) is 12.5. The molecule has 130 valence electrons. The van der Waals surface area contributed by atoms with Crippen LogP contribution in [0, 0.1) is 0 Å². The van der Waals surface area contributed by atoms with Gasteiger partial charge in [-0.05, 0) is 37.1 Å². The molecule has 0 aliphatic carbocycles. The van der Waals surface area contributed by atoms with E-state index >= 15 is 0 Å². The van der Waals surface area contributed by atoms with Crippen molar-refractivity contribution in [3.8, 4) is 5.75 Å². The number of benzene rings is 1. The molecule has 0 amide bonds. The quantitative estimate of drug-likeness (QED) is 0.620. The topological polar surface area (TPSA) is 57.5 Å². The second-order valence-corrected chi connectivity index (χ2v) is 6.57. The molecule has 5 heteroatoms. The van der Waals surface area contributed by atoms with Gasteiger partial charge in [-0.25, -0.2) is 4.79 Å². The van der Waals surface area contributed by atoms with Crippen LogP contribution in [-0.2, 0) is 17.7 Å². The van der Waals surface area contributed by atoms with Gasteiger partial charge in [0, 0.05) is 19.2 Å². The van der Waals surface area contributed by atoms with Crippen molar-refractivity contribution in [3.63, 3.8) is 0 Å². The summed E-state index contributed by atoms with van der Waals surface area (Å²) in [6, 6.07) is 3.69. The van der Waals surface area contributed by atoms with Crippen LogP contribution in [0.5, 0.6) is 5.75 Å². The SMILES string of the molecule is C=C(C)COC(=O)c1cn(CC(=C)C)c2cc3c(cc2c1=O)OCC3. The number of pyridine rings is 1. The average molecular weight is 339 g/mol. The van der Waals surface area contributed by atoms with E-state index in [2.05, 4.69) is 13.2 Å². The lowest BCUT2D eigenvalue weighted by atomic mass is 10.1. The number of aromatic nitrogens is 1. The number of ether oxygens (including phenoxy) is 2.